The van der Waals surface area contributed by atoms with Gasteiger partial charge < -0.3 is 10.6 Å². The van der Waals surface area contributed by atoms with Crippen LogP contribution in [0.15, 0.2) is 54.6 Å². The Bertz CT molecular complexity index is 874. The van der Waals surface area contributed by atoms with Crippen molar-refractivity contribution >= 4 is 22.2 Å². The number of nitrogens with two attached hydrogens (primary N) is 1. The fourth-order valence-electron chi connectivity index (χ4n) is 4.03. The summed E-state index contributed by atoms with van der Waals surface area (Å²) in [6.45, 7) is 6.38. The Hall–Kier alpha value is -2.06. The average Bonchev–Trinajstić information content (AvgIpc) is 2.84. The normalized spacial score (nSPS) is 16.2. The van der Waals surface area contributed by atoms with Crippen molar-refractivity contribution in [2.24, 2.45) is 5.73 Å². The van der Waals surface area contributed by atoms with Gasteiger partial charge in [-0.2, -0.15) is 0 Å². The van der Waals surface area contributed by atoms with Crippen molar-refractivity contribution < 1.29 is 0 Å². The van der Waals surface area contributed by atoms with E-state index in [-0.39, 0.29) is 16.7 Å². The van der Waals surface area contributed by atoms with E-state index in [1.807, 2.05) is 0 Å². The highest BCUT2D eigenvalue weighted by Gasteiger charge is 2.19. The molecule has 2 aromatic carbocycles. The third-order valence-corrected chi connectivity index (χ3v) is 7.85. The van der Waals surface area contributed by atoms with Crippen molar-refractivity contribution in [2.75, 3.05) is 36.8 Å². The third-order valence-electron chi connectivity index (χ3n) is 6.02. The maximum atomic E-state index is 6.25. The second-order valence-electron chi connectivity index (χ2n) is 8.58. The van der Waals surface area contributed by atoms with Gasteiger partial charge in [0.2, 0.25) is 0 Å². The van der Waals surface area contributed by atoms with Crippen molar-refractivity contribution in [3.63, 3.8) is 0 Å². The summed E-state index contributed by atoms with van der Waals surface area (Å²) in [4.78, 5) is 2.49. The summed E-state index contributed by atoms with van der Waals surface area (Å²) in [7, 11) is -0.0622. The van der Waals surface area contributed by atoms with Gasteiger partial charge in [0, 0.05) is 44.0 Å². The van der Waals surface area contributed by atoms with Gasteiger partial charge in [0.05, 0.1) is 6.04 Å². The van der Waals surface area contributed by atoms with E-state index in [0.717, 1.165) is 51.2 Å². The molecule has 4 heteroatoms. The van der Waals surface area contributed by atoms with Crippen molar-refractivity contribution in [1.29, 1.82) is 0 Å². The second kappa shape index (κ2) is 13.5. The molecular formula is C28H39N3S. The van der Waals surface area contributed by atoms with Gasteiger partial charge in [0.25, 0.3) is 0 Å². The van der Waals surface area contributed by atoms with E-state index in [1.165, 1.54) is 36.1 Å². The summed E-state index contributed by atoms with van der Waals surface area (Å²) in [5.74, 6) is 11.8. The monoisotopic (exact) mass is 449 g/mol. The lowest BCUT2D eigenvalue weighted by molar-refractivity contribution is 0.428. The van der Waals surface area contributed by atoms with E-state index >= 15 is 0 Å². The smallest absolute Gasteiger partial charge is 0.0763 e. The van der Waals surface area contributed by atoms with Crippen LogP contribution in [0.1, 0.15) is 43.7 Å². The highest BCUT2D eigenvalue weighted by atomic mass is 32.2. The number of piperazine rings is 1. The van der Waals surface area contributed by atoms with Crippen molar-refractivity contribution in [2.45, 2.75) is 51.5 Å². The van der Waals surface area contributed by atoms with Crippen LogP contribution in [0.2, 0.25) is 0 Å². The SMILES string of the molecule is C=S(CC(N)C#CCCCCC)N1CCN(c2ccc(CCc3ccccc3)cc2)CC1. The molecule has 172 valence electrons. The number of anilines is 1. The van der Waals surface area contributed by atoms with Crippen LogP contribution < -0.4 is 10.6 Å². The van der Waals surface area contributed by atoms with Gasteiger partial charge >= 0.3 is 0 Å². The van der Waals surface area contributed by atoms with Crippen LogP contribution in [0.25, 0.3) is 0 Å². The largest absolute Gasteiger partial charge is 0.369 e. The van der Waals surface area contributed by atoms with Gasteiger partial charge in [-0.3, -0.25) is 4.31 Å². The van der Waals surface area contributed by atoms with E-state index in [1.54, 1.807) is 0 Å². The fourth-order valence-corrected chi connectivity index (χ4v) is 5.42. The van der Waals surface area contributed by atoms with Crippen LogP contribution in [0.4, 0.5) is 5.69 Å². The molecule has 0 aromatic heterocycles. The zero-order valence-electron chi connectivity index (χ0n) is 19.6. The molecular weight excluding hydrogens is 410 g/mol. The lowest BCUT2D eigenvalue weighted by Gasteiger charge is -2.37. The summed E-state index contributed by atoms with van der Waals surface area (Å²) in [6.07, 6.45) is 6.82. The average molecular weight is 450 g/mol. The molecule has 0 bridgehead atoms. The number of hydrogen-bond donors (Lipinski definition) is 1. The van der Waals surface area contributed by atoms with Crippen LogP contribution in [0.5, 0.6) is 0 Å². The fraction of sp³-hybridized carbons (Fsp3) is 0.464. The highest BCUT2D eigenvalue weighted by Crippen LogP contribution is 2.24. The minimum absolute atomic E-state index is 0.0566. The lowest BCUT2D eigenvalue weighted by Crippen LogP contribution is -2.44. The molecule has 1 aliphatic heterocycles. The minimum Gasteiger partial charge on any atom is -0.369 e. The first-order chi connectivity index (χ1) is 15.7. The Morgan fingerprint density at radius 2 is 1.59 bits per heavy atom. The molecule has 1 heterocycles. The number of hydrogen-bond acceptors (Lipinski definition) is 3. The molecule has 2 atom stereocenters. The first kappa shape index (κ1) is 24.6. The van der Waals surface area contributed by atoms with Gasteiger partial charge in [-0.25, -0.2) is 0 Å². The molecule has 0 spiro atoms. The summed E-state index contributed by atoms with van der Waals surface area (Å²) >= 11 is 0. The molecule has 1 saturated heterocycles. The summed E-state index contributed by atoms with van der Waals surface area (Å²) < 4.78 is 2.49. The zero-order chi connectivity index (χ0) is 22.6. The predicted octanol–water partition coefficient (Wildman–Crippen LogP) is 5.12. The molecule has 3 rings (SSSR count). The van der Waals surface area contributed by atoms with Crippen LogP contribution in [0, 0.1) is 11.8 Å². The lowest BCUT2D eigenvalue weighted by atomic mass is 10.0. The number of rotatable bonds is 10. The Balaban J connectivity index is 1.40. The van der Waals surface area contributed by atoms with Crippen LogP contribution in [-0.2, 0) is 12.8 Å². The molecule has 3 nitrogen and oxygen atoms in total. The molecule has 2 aromatic rings. The van der Waals surface area contributed by atoms with E-state index < -0.39 is 0 Å². The molecule has 2 N–H and O–H groups in total. The molecule has 0 aliphatic carbocycles. The highest BCUT2D eigenvalue weighted by molar-refractivity contribution is 8.12. The number of aryl methyl sites for hydroxylation is 2. The predicted molar refractivity (Wildman–Crippen MR) is 144 cm³/mol. The zero-order valence-corrected chi connectivity index (χ0v) is 20.5. The molecule has 2 unspecified atom stereocenters. The van der Waals surface area contributed by atoms with E-state index in [9.17, 15) is 0 Å². The van der Waals surface area contributed by atoms with E-state index in [0.29, 0.717) is 0 Å². The Morgan fingerprint density at radius 1 is 0.938 bits per heavy atom. The topological polar surface area (TPSA) is 32.5 Å². The van der Waals surface area contributed by atoms with Crippen molar-refractivity contribution in [3.8, 4) is 11.8 Å². The molecule has 1 aliphatic rings. The molecule has 1 fully saturated rings. The number of unbranched alkanes of at least 4 members (excludes halogenated alkanes) is 3. The van der Waals surface area contributed by atoms with Gasteiger partial charge in [-0.05, 0) is 42.5 Å². The van der Waals surface area contributed by atoms with Gasteiger partial charge in [0.1, 0.15) is 0 Å². The van der Waals surface area contributed by atoms with E-state index in [2.05, 4.69) is 88.4 Å². The third kappa shape index (κ3) is 8.13. The van der Waals surface area contributed by atoms with Gasteiger partial charge in [-0.15, -0.1) is 16.6 Å². The molecule has 0 saturated carbocycles. The molecule has 32 heavy (non-hydrogen) atoms. The summed E-state index contributed by atoms with van der Waals surface area (Å²) in [6, 6.07) is 19.8. The summed E-state index contributed by atoms with van der Waals surface area (Å²) in [5, 5.41) is 0. The maximum absolute atomic E-state index is 6.25. The minimum atomic E-state index is -0.0622. The quantitative estimate of drug-likeness (QED) is 0.310. The number of nitrogens with zero attached hydrogens (tertiary/aromatic N) is 2. The standard InChI is InChI=1S/C28H39N3S/c1-3-4-5-6-10-13-27(29)24-32(2)31-22-20-30(21-23-31)28-18-16-26(17-19-28)15-14-25-11-8-7-9-12-25/h7-9,11-12,16-19,27H,2-6,14-15,20-24,29H2,1H3. The Labute approximate surface area is 198 Å². The molecule has 0 radical (unpaired) electrons. The Morgan fingerprint density at radius 3 is 2.25 bits per heavy atom. The van der Waals surface area contributed by atoms with Crippen LogP contribution in [0.3, 0.4) is 0 Å². The van der Waals surface area contributed by atoms with Gasteiger partial charge in [0.15, 0.2) is 0 Å². The second-order valence-corrected chi connectivity index (χ2v) is 10.4. The van der Waals surface area contributed by atoms with Crippen LogP contribution >= 0.6 is 10.7 Å². The Kier molecular flexibility index (Phi) is 10.4. The molecule has 0 amide bonds. The maximum Gasteiger partial charge on any atom is 0.0763 e. The van der Waals surface area contributed by atoms with Crippen molar-refractivity contribution in [3.05, 3.63) is 65.7 Å². The van der Waals surface area contributed by atoms with Crippen LogP contribution in [-0.4, -0.2) is 48.1 Å². The number of benzene rings is 2. The first-order valence-electron chi connectivity index (χ1n) is 12.0. The van der Waals surface area contributed by atoms with Crippen molar-refractivity contribution in [1.82, 2.24) is 4.31 Å². The summed E-state index contributed by atoms with van der Waals surface area (Å²) in [5.41, 5.74) is 10.4. The first-order valence-corrected chi connectivity index (χ1v) is 13.5. The van der Waals surface area contributed by atoms with Gasteiger partial charge in [-0.1, -0.05) is 74.0 Å². The van der Waals surface area contributed by atoms with E-state index in [4.69, 9.17) is 5.73 Å².